The molecule has 2 aliphatic heterocycles. The standard InChI is InChI=1S/C20H24N2O7/c1-12-14(18(24)21-8-3-4-9-21)6-5-7-15(12)22-10-11-28-16(19(22)25)17(20(26)27)29-13(2)23/h5-7,16-17H,3-4,8-11H2,1-2H3,(H,26,27)/t16-,17-/m1/s1. The number of ether oxygens (including phenoxy) is 2. The monoisotopic (exact) mass is 404 g/mol. The highest BCUT2D eigenvalue weighted by Gasteiger charge is 2.43. The van der Waals surface area contributed by atoms with Gasteiger partial charge in [-0.1, -0.05) is 6.07 Å². The molecule has 2 atom stereocenters. The van der Waals surface area contributed by atoms with Crippen LogP contribution in [0.5, 0.6) is 0 Å². The van der Waals surface area contributed by atoms with Crippen LogP contribution < -0.4 is 4.90 Å². The van der Waals surface area contributed by atoms with Gasteiger partial charge < -0.3 is 24.4 Å². The molecule has 2 saturated heterocycles. The van der Waals surface area contributed by atoms with E-state index in [1.54, 1.807) is 30.0 Å². The predicted molar refractivity (Wildman–Crippen MR) is 102 cm³/mol. The van der Waals surface area contributed by atoms with E-state index in [0.717, 1.165) is 19.8 Å². The first kappa shape index (κ1) is 20.8. The summed E-state index contributed by atoms with van der Waals surface area (Å²) < 4.78 is 10.1. The summed E-state index contributed by atoms with van der Waals surface area (Å²) in [4.78, 5) is 51.8. The molecule has 0 aromatic heterocycles. The van der Waals surface area contributed by atoms with Crippen LogP contribution in [0, 0.1) is 6.92 Å². The second kappa shape index (κ2) is 8.60. The number of morpholine rings is 1. The van der Waals surface area contributed by atoms with Crippen LogP contribution in [0.2, 0.25) is 0 Å². The molecule has 1 aromatic rings. The second-order valence-electron chi connectivity index (χ2n) is 7.10. The molecule has 1 N–H and O–H groups in total. The van der Waals surface area contributed by atoms with E-state index in [9.17, 15) is 24.3 Å². The van der Waals surface area contributed by atoms with Crippen molar-refractivity contribution in [3.05, 3.63) is 29.3 Å². The number of amides is 2. The fourth-order valence-corrected chi connectivity index (χ4v) is 3.72. The number of carboxylic acid groups (broad SMARTS) is 1. The molecule has 0 radical (unpaired) electrons. The number of benzene rings is 1. The second-order valence-corrected chi connectivity index (χ2v) is 7.10. The number of hydrogen-bond acceptors (Lipinski definition) is 6. The highest BCUT2D eigenvalue weighted by molar-refractivity contribution is 6.03. The summed E-state index contributed by atoms with van der Waals surface area (Å²) in [6.07, 6.45) is -1.25. The maximum atomic E-state index is 13.0. The lowest BCUT2D eigenvalue weighted by atomic mass is 10.0. The van der Waals surface area contributed by atoms with Crippen LogP contribution in [0.3, 0.4) is 0 Å². The quantitative estimate of drug-likeness (QED) is 0.728. The van der Waals surface area contributed by atoms with Gasteiger partial charge in [0.05, 0.1) is 6.61 Å². The largest absolute Gasteiger partial charge is 0.478 e. The third-order valence-electron chi connectivity index (χ3n) is 5.15. The van der Waals surface area contributed by atoms with Crippen molar-refractivity contribution >= 4 is 29.4 Å². The minimum absolute atomic E-state index is 0.0746. The van der Waals surface area contributed by atoms with Crippen LogP contribution >= 0.6 is 0 Å². The number of nitrogens with zero attached hydrogens (tertiary/aromatic N) is 2. The SMILES string of the molecule is CC(=O)O[C@@H](C(=O)O)[C@H]1OCCN(c2cccc(C(=O)N3CCCC3)c2C)C1=O. The third-order valence-corrected chi connectivity index (χ3v) is 5.15. The van der Waals surface area contributed by atoms with E-state index in [1.807, 2.05) is 0 Å². The van der Waals surface area contributed by atoms with Crippen molar-refractivity contribution in [2.75, 3.05) is 31.1 Å². The average Bonchev–Trinajstić information content (AvgIpc) is 3.21. The Labute approximate surface area is 168 Å². The molecule has 156 valence electrons. The van der Waals surface area contributed by atoms with Crippen LogP contribution in [0.4, 0.5) is 5.69 Å². The first-order chi connectivity index (χ1) is 13.8. The molecular weight excluding hydrogens is 380 g/mol. The van der Waals surface area contributed by atoms with Crippen LogP contribution in [-0.2, 0) is 23.9 Å². The lowest BCUT2D eigenvalue weighted by molar-refractivity contribution is -0.177. The Bertz CT molecular complexity index is 832. The van der Waals surface area contributed by atoms with Crippen molar-refractivity contribution in [3.63, 3.8) is 0 Å². The van der Waals surface area contributed by atoms with Gasteiger partial charge >= 0.3 is 11.9 Å². The molecule has 9 nitrogen and oxygen atoms in total. The fourth-order valence-electron chi connectivity index (χ4n) is 3.72. The Morgan fingerprint density at radius 1 is 1.21 bits per heavy atom. The van der Waals surface area contributed by atoms with E-state index in [0.29, 0.717) is 29.9 Å². The van der Waals surface area contributed by atoms with Gasteiger partial charge in [-0.3, -0.25) is 14.4 Å². The van der Waals surface area contributed by atoms with Gasteiger partial charge in [-0.25, -0.2) is 4.79 Å². The zero-order valence-electron chi connectivity index (χ0n) is 16.4. The van der Waals surface area contributed by atoms with E-state index >= 15 is 0 Å². The summed E-state index contributed by atoms with van der Waals surface area (Å²) in [5.41, 5.74) is 1.66. The van der Waals surface area contributed by atoms with Crippen molar-refractivity contribution < 1.29 is 33.8 Å². The number of aliphatic carboxylic acids is 1. The summed E-state index contributed by atoms with van der Waals surface area (Å²) >= 11 is 0. The predicted octanol–water partition coefficient (Wildman–Crippen LogP) is 0.979. The molecule has 2 aliphatic rings. The first-order valence-electron chi connectivity index (χ1n) is 9.53. The highest BCUT2D eigenvalue weighted by atomic mass is 16.6. The summed E-state index contributed by atoms with van der Waals surface area (Å²) in [7, 11) is 0. The molecule has 0 saturated carbocycles. The minimum atomic E-state index is -1.74. The number of carboxylic acids is 1. The van der Waals surface area contributed by atoms with Crippen molar-refractivity contribution in [2.45, 2.75) is 38.9 Å². The highest BCUT2D eigenvalue weighted by Crippen LogP contribution is 2.28. The van der Waals surface area contributed by atoms with Gasteiger partial charge in [0.15, 0.2) is 6.10 Å². The van der Waals surface area contributed by atoms with E-state index in [-0.39, 0.29) is 19.1 Å². The van der Waals surface area contributed by atoms with Gasteiger partial charge in [-0.2, -0.15) is 0 Å². The van der Waals surface area contributed by atoms with Crippen molar-refractivity contribution in [3.8, 4) is 0 Å². The Morgan fingerprint density at radius 3 is 2.52 bits per heavy atom. The van der Waals surface area contributed by atoms with Gasteiger partial charge in [0.1, 0.15) is 0 Å². The average molecular weight is 404 g/mol. The van der Waals surface area contributed by atoms with Crippen LogP contribution in [0.1, 0.15) is 35.7 Å². The van der Waals surface area contributed by atoms with E-state index < -0.39 is 30.1 Å². The first-order valence-corrected chi connectivity index (χ1v) is 9.53. The van der Waals surface area contributed by atoms with Crippen LogP contribution in [0.15, 0.2) is 18.2 Å². The number of carbonyl (C=O) groups is 4. The van der Waals surface area contributed by atoms with Gasteiger partial charge in [0.2, 0.25) is 6.10 Å². The molecule has 0 spiro atoms. The normalized spacial score (nSPS) is 20.5. The van der Waals surface area contributed by atoms with E-state index in [1.165, 1.54) is 4.90 Å². The summed E-state index contributed by atoms with van der Waals surface area (Å²) in [5, 5.41) is 9.36. The number of hydrogen-bond donors (Lipinski definition) is 1. The maximum Gasteiger partial charge on any atom is 0.348 e. The molecule has 9 heteroatoms. The number of anilines is 1. The maximum absolute atomic E-state index is 13.0. The van der Waals surface area contributed by atoms with E-state index in [2.05, 4.69) is 0 Å². The zero-order chi connectivity index (χ0) is 21.1. The molecule has 2 heterocycles. The van der Waals surface area contributed by atoms with Crippen LogP contribution in [0.25, 0.3) is 0 Å². The van der Waals surface area contributed by atoms with Gasteiger partial charge in [-0.05, 0) is 37.5 Å². The number of esters is 1. The van der Waals surface area contributed by atoms with Gasteiger partial charge in [-0.15, -0.1) is 0 Å². The van der Waals surface area contributed by atoms with E-state index in [4.69, 9.17) is 9.47 Å². The number of rotatable bonds is 5. The lowest BCUT2D eigenvalue weighted by Crippen LogP contribution is -2.55. The Morgan fingerprint density at radius 2 is 1.90 bits per heavy atom. The topological polar surface area (TPSA) is 113 Å². The molecule has 0 unspecified atom stereocenters. The Balaban J connectivity index is 1.89. The molecule has 1 aromatic carbocycles. The summed E-state index contributed by atoms with van der Waals surface area (Å²) in [6.45, 7) is 4.53. The molecule has 3 rings (SSSR count). The van der Waals surface area contributed by atoms with Crippen molar-refractivity contribution in [1.29, 1.82) is 0 Å². The molecular formula is C20H24N2O7. The Hall–Kier alpha value is -2.94. The summed E-state index contributed by atoms with van der Waals surface area (Å²) in [6, 6.07) is 5.13. The zero-order valence-corrected chi connectivity index (χ0v) is 16.4. The lowest BCUT2D eigenvalue weighted by Gasteiger charge is -2.35. The van der Waals surface area contributed by atoms with Gasteiger partial charge in [0.25, 0.3) is 11.8 Å². The Kier molecular flexibility index (Phi) is 6.17. The minimum Gasteiger partial charge on any atom is -0.478 e. The smallest absolute Gasteiger partial charge is 0.348 e. The summed E-state index contributed by atoms with van der Waals surface area (Å²) in [5.74, 6) is -2.99. The fraction of sp³-hybridized carbons (Fsp3) is 0.500. The number of carbonyl (C=O) groups excluding carboxylic acids is 3. The molecule has 29 heavy (non-hydrogen) atoms. The third kappa shape index (κ3) is 4.24. The number of likely N-dealkylation sites (tertiary alicyclic amines) is 1. The molecule has 2 amide bonds. The molecule has 0 aliphatic carbocycles. The van der Waals surface area contributed by atoms with Crippen molar-refractivity contribution in [2.24, 2.45) is 0 Å². The van der Waals surface area contributed by atoms with Gasteiger partial charge in [0, 0.05) is 37.8 Å². The molecule has 2 fully saturated rings. The van der Waals surface area contributed by atoms with Crippen LogP contribution in [-0.4, -0.2) is 72.2 Å². The van der Waals surface area contributed by atoms with Crippen molar-refractivity contribution in [1.82, 2.24) is 4.90 Å². The molecule has 0 bridgehead atoms.